The fourth-order valence-electron chi connectivity index (χ4n) is 15.4. The summed E-state index contributed by atoms with van der Waals surface area (Å²) in [5.41, 5.74) is 18.6. The molecule has 0 N–H and O–H groups in total. The molecule has 0 radical (unpaired) electrons. The van der Waals surface area contributed by atoms with E-state index in [1.807, 2.05) is 133 Å². The highest BCUT2D eigenvalue weighted by Gasteiger charge is 2.36. The number of ether oxygens (including phenoxy) is 3. The van der Waals surface area contributed by atoms with Crippen LogP contribution in [0.15, 0.2) is 343 Å². The monoisotopic (exact) mass is 1280 g/mol. The number of rotatable bonds is 9. The minimum atomic E-state index is -0.217. The number of fused-ring (bicyclic) bond motifs is 12. The molecule has 100 heavy (non-hydrogen) atoms. The van der Waals surface area contributed by atoms with Gasteiger partial charge in [-0.2, -0.15) is 0 Å². The lowest BCUT2D eigenvalue weighted by molar-refractivity contribution is 0.477. The summed E-state index contributed by atoms with van der Waals surface area (Å²) in [6.45, 7) is 0. The molecule has 0 atom stereocenters. The van der Waals surface area contributed by atoms with Crippen LogP contribution in [0.25, 0.3) is 110 Å². The van der Waals surface area contributed by atoms with Crippen LogP contribution in [-0.2, 0) is 0 Å². The maximum absolute atomic E-state index is 17.0. The molecule has 468 valence electrons. The highest BCUT2D eigenvalue weighted by molar-refractivity contribution is 6.28. The molecule has 0 aliphatic carbocycles. The molecule has 0 spiro atoms. The summed E-state index contributed by atoms with van der Waals surface area (Å²) in [4.78, 5) is 39.8. The van der Waals surface area contributed by atoms with Gasteiger partial charge in [0.2, 0.25) is 0 Å². The molecular formula is C92H55N3O5. The van der Waals surface area contributed by atoms with Crippen LogP contribution in [0.1, 0.15) is 0 Å². The van der Waals surface area contributed by atoms with E-state index in [2.05, 4.69) is 215 Å². The smallest absolute Gasteiger partial charge is 0.196 e. The molecule has 0 saturated heterocycles. The van der Waals surface area contributed by atoms with Gasteiger partial charge in [-0.05, 0) is 186 Å². The van der Waals surface area contributed by atoms with Crippen LogP contribution in [-0.4, -0.2) is 0 Å². The molecule has 8 heteroatoms. The summed E-state index contributed by atoms with van der Waals surface area (Å²) >= 11 is 0. The fraction of sp³-hybridized carbons (Fsp3) is 0. The van der Waals surface area contributed by atoms with Crippen LogP contribution in [0.5, 0.6) is 34.5 Å². The van der Waals surface area contributed by atoms with Gasteiger partial charge in [0.15, 0.2) is 45.4 Å². The summed E-state index contributed by atoms with van der Waals surface area (Å²) in [6.07, 6.45) is 0. The van der Waals surface area contributed by atoms with Gasteiger partial charge in [0.05, 0.1) is 62.0 Å². The highest BCUT2D eigenvalue weighted by atomic mass is 16.5. The van der Waals surface area contributed by atoms with Crippen LogP contribution in [0, 0.1) is 0 Å². The fourth-order valence-corrected chi connectivity index (χ4v) is 15.4. The van der Waals surface area contributed by atoms with Crippen LogP contribution < -0.4 is 39.8 Å². The largest absolute Gasteiger partial charge is 0.453 e. The predicted molar refractivity (Wildman–Crippen MR) is 408 cm³/mol. The van der Waals surface area contributed by atoms with Crippen molar-refractivity contribution in [1.82, 2.24) is 0 Å². The van der Waals surface area contributed by atoms with Crippen molar-refractivity contribution in [2.24, 2.45) is 0 Å². The van der Waals surface area contributed by atoms with Gasteiger partial charge in [-0.1, -0.05) is 231 Å². The molecule has 0 fully saturated rings. The van der Waals surface area contributed by atoms with Crippen molar-refractivity contribution in [3.05, 3.63) is 354 Å². The Kier molecular flexibility index (Phi) is 12.8. The molecule has 0 unspecified atom stereocenters. The van der Waals surface area contributed by atoms with Gasteiger partial charge < -0.3 is 28.9 Å². The van der Waals surface area contributed by atoms with Gasteiger partial charge in [0.1, 0.15) is 0 Å². The first-order valence-electron chi connectivity index (χ1n) is 33.6. The third-order valence-corrected chi connectivity index (χ3v) is 20.1. The Balaban J connectivity index is 0.869. The van der Waals surface area contributed by atoms with E-state index in [0.717, 1.165) is 117 Å². The first-order chi connectivity index (χ1) is 49.4. The summed E-state index contributed by atoms with van der Waals surface area (Å²) in [5, 5.41) is 4.77. The minimum Gasteiger partial charge on any atom is -0.453 e. The molecule has 0 bridgehead atoms. The molecule has 17 aromatic carbocycles. The number of anilines is 9. The van der Waals surface area contributed by atoms with Gasteiger partial charge >= 0.3 is 0 Å². The molecule has 3 aliphatic rings. The highest BCUT2D eigenvalue weighted by Crippen LogP contribution is 2.60. The van der Waals surface area contributed by atoms with Crippen molar-refractivity contribution in [3.8, 4) is 101 Å². The summed E-state index contributed by atoms with van der Waals surface area (Å²) in [5.74, 6) is 3.88. The number of nitrogens with zero attached hydrogens (tertiary/aromatic N) is 3. The second-order valence-corrected chi connectivity index (χ2v) is 25.8. The van der Waals surface area contributed by atoms with Crippen molar-refractivity contribution >= 4 is 94.3 Å². The average Bonchev–Trinajstić information content (AvgIpc) is 1.18. The van der Waals surface area contributed by atoms with Gasteiger partial charge in [0.25, 0.3) is 0 Å². The normalized spacial score (nSPS) is 12.7. The molecule has 3 aliphatic heterocycles. The molecular weight excluding hydrogens is 1230 g/mol. The topological polar surface area (TPSA) is 71.5 Å². The van der Waals surface area contributed by atoms with E-state index in [-0.39, 0.29) is 10.9 Å². The van der Waals surface area contributed by atoms with Gasteiger partial charge in [-0.15, -0.1) is 0 Å². The van der Waals surface area contributed by atoms with E-state index in [0.29, 0.717) is 78.2 Å². The maximum Gasteiger partial charge on any atom is 0.196 e. The molecule has 17 aromatic rings. The van der Waals surface area contributed by atoms with Crippen molar-refractivity contribution in [1.29, 1.82) is 0 Å². The lowest BCUT2D eigenvalue weighted by Crippen LogP contribution is -2.19. The molecule has 0 saturated carbocycles. The first kappa shape index (κ1) is 56.8. The Hall–Kier alpha value is -13.6. The van der Waals surface area contributed by atoms with Gasteiger partial charge in [-0.25, -0.2) is 0 Å². The zero-order valence-electron chi connectivity index (χ0n) is 53.6. The maximum atomic E-state index is 17.0. The molecule has 0 amide bonds. The molecule has 0 aromatic heterocycles. The lowest BCUT2D eigenvalue weighted by atomic mass is 9.98. The van der Waals surface area contributed by atoms with Crippen molar-refractivity contribution in [2.45, 2.75) is 0 Å². The molecule has 8 nitrogen and oxygen atoms in total. The van der Waals surface area contributed by atoms with E-state index >= 15 is 9.59 Å². The third kappa shape index (κ3) is 9.01. The van der Waals surface area contributed by atoms with Gasteiger partial charge in [-0.3, -0.25) is 9.59 Å². The second kappa shape index (κ2) is 22.5. The zero-order chi connectivity index (χ0) is 66.1. The van der Waals surface area contributed by atoms with E-state index < -0.39 is 0 Å². The van der Waals surface area contributed by atoms with Gasteiger partial charge in [0, 0.05) is 16.2 Å². The van der Waals surface area contributed by atoms with Crippen molar-refractivity contribution < 1.29 is 14.2 Å². The van der Waals surface area contributed by atoms with E-state index in [9.17, 15) is 0 Å². The Morgan fingerprint density at radius 3 is 0.850 bits per heavy atom. The second-order valence-electron chi connectivity index (χ2n) is 25.8. The first-order valence-corrected chi connectivity index (χ1v) is 33.6. The van der Waals surface area contributed by atoms with Crippen LogP contribution in [0.4, 0.5) is 51.2 Å². The summed E-state index contributed by atoms with van der Waals surface area (Å²) in [6, 6.07) is 114. The van der Waals surface area contributed by atoms with E-state index in [4.69, 9.17) is 14.2 Å². The Labute approximate surface area is 575 Å². The predicted octanol–water partition coefficient (Wildman–Crippen LogP) is 24.6. The van der Waals surface area contributed by atoms with Crippen LogP contribution in [0.2, 0.25) is 0 Å². The lowest BCUT2D eigenvalue weighted by Gasteiger charge is -2.36. The van der Waals surface area contributed by atoms with Crippen molar-refractivity contribution in [2.75, 3.05) is 14.7 Å². The van der Waals surface area contributed by atoms with Crippen molar-refractivity contribution in [3.63, 3.8) is 0 Å². The Morgan fingerprint density at radius 1 is 0.170 bits per heavy atom. The Bertz CT molecular complexity index is 6030. The standard InChI is InChI=1S/C92H55N3O5/c96-91-71-55-72-70(54-69(71)68-32-19-33-75(89(68)91)93-73-40-34-66(60-28-15-5-16-29-60)52-86(73)100-87-53-67(35-41-74(87)93)61-30-17-6-18-31-61)88-76(94-78-48-62(56-20-7-1-8-21-56)36-44-82(78)98-83-45-37-63(49-79(83)94)57-22-9-2-10-23-57)42-43-77(90(88)92(72)97)95-80-50-64(58-24-11-3-12-25-58)38-46-84(80)99-85-47-39-65(51-81(85)95)59-26-13-4-14-27-59/h1-55H. The molecule has 3 heterocycles. The van der Waals surface area contributed by atoms with E-state index in [1.165, 1.54) is 0 Å². The minimum absolute atomic E-state index is 0.181. The number of hydrogen-bond donors (Lipinski definition) is 0. The Morgan fingerprint density at radius 2 is 0.460 bits per heavy atom. The van der Waals surface area contributed by atoms with Crippen LogP contribution in [0.3, 0.4) is 0 Å². The summed E-state index contributed by atoms with van der Waals surface area (Å²) in [7, 11) is 0. The third-order valence-electron chi connectivity index (χ3n) is 20.1. The van der Waals surface area contributed by atoms with E-state index in [1.54, 1.807) is 0 Å². The number of benzene rings is 15. The number of hydrogen-bond acceptors (Lipinski definition) is 8. The summed E-state index contributed by atoms with van der Waals surface area (Å²) < 4.78 is 20.9. The quantitative estimate of drug-likeness (QED) is 0.142. The zero-order valence-corrected chi connectivity index (χ0v) is 53.6. The SMILES string of the molecule is O=c1c2cc3c(=O)c4c(N5c6cc(-c7ccccc7)ccc6Oc6ccc(-c7ccccc7)cc65)ccc(N5c6cc(-c7ccccc7)ccc6Oc6ccc(-c7ccccc7)cc65)c4c3cc2c2cccc(N3c4ccc(-c5ccccc5)cc4Oc4cc(-c5ccccc5)ccc43)c12. The average molecular weight is 1280 g/mol. The molecule has 20 rings (SSSR count). The van der Waals surface area contributed by atoms with Crippen LogP contribution >= 0.6 is 0 Å².